The molecule has 13 heavy (non-hydrogen) atoms. The van der Waals surface area contributed by atoms with Gasteiger partial charge in [0.25, 0.3) is 0 Å². The number of carbonyl (C=O) groups is 1. The lowest BCUT2D eigenvalue weighted by molar-refractivity contribution is -0.121. The second-order valence-electron chi connectivity index (χ2n) is 4.14. The Kier molecular flexibility index (Phi) is 1.76. The van der Waals surface area contributed by atoms with Crippen LogP contribution in [0.5, 0.6) is 0 Å². The first-order valence-corrected chi connectivity index (χ1v) is 4.70. The average molecular weight is 174 g/mol. The molecule has 0 unspecified atom stereocenters. The molecular weight excluding hydrogens is 160 g/mol. The number of ketones is 1. The zero-order valence-corrected chi connectivity index (χ0v) is 8.08. The summed E-state index contributed by atoms with van der Waals surface area (Å²) in [5, 5.41) is 0. The highest BCUT2D eigenvalue weighted by atomic mass is 16.1. The quantitative estimate of drug-likeness (QED) is 0.673. The molecule has 0 saturated heterocycles. The molecule has 1 fully saturated rings. The zero-order valence-electron chi connectivity index (χ0n) is 8.08. The number of benzene rings is 1. The summed E-state index contributed by atoms with van der Waals surface area (Å²) in [4.78, 5) is 11.3. The Labute approximate surface area is 78.8 Å². The molecule has 0 N–H and O–H groups in total. The maximum absolute atomic E-state index is 11.3. The van der Waals surface area contributed by atoms with Crippen LogP contribution in [0.2, 0.25) is 0 Å². The fraction of sp³-hybridized carbons (Fsp3) is 0.417. The van der Waals surface area contributed by atoms with Crippen molar-refractivity contribution < 1.29 is 4.79 Å². The van der Waals surface area contributed by atoms with E-state index in [0.717, 1.165) is 6.42 Å². The van der Waals surface area contributed by atoms with Gasteiger partial charge < -0.3 is 0 Å². The SMILES string of the molecule is CC(=O)[C@]1(C)C[C@@H]1c1ccccc1. The van der Waals surface area contributed by atoms with Gasteiger partial charge in [0, 0.05) is 5.41 Å². The molecule has 1 aromatic carbocycles. The summed E-state index contributed by atoms with van der Waals surface area (Å²) in [6, 6.07) is 10.3. The predicted octanol–water partition coefficient (Wildman–Crippen LogP) is 2.77. The van der Waals surface area contributed by atoms with E-state index in [1.54, 1.807) is 6.92 Å². The van der Waals surface area contributed by atoms with Crippen molar-refractivity contribution in [2.45, 2.75) is 26.2 Å². The van der Waals surface area contributed by atoms with E-state index in [1.165, 1.54) is 5.56 Å². The Bertz CT molecular complexity index is 328. The molecule has 1 aliphatic carbocycles. The Morgan fingerprint density at radius 3 is 2.46 bits per heavy atom. The lowest BCUT2D eigenvalue weighted by Crippen LogP contribution is -2.08. The van der Waals surface area contributed by atoms with Crippen molar-refractivity contribution in [2.75, 3.05) is 0 Å². The van der Waals surface area contributed by atoms with Crippen LogP contribution in [0.3, 0.4) is 0 Å². The van der Waals surface area contributed by atoms with E-state index < -0.39 is 0 Å². The van der Waals surface area contributed by atoms with Crippen LogP contribution in [0.25, 0.3) is 0 Å². The second-order valence-corrected chi connectivity index (χ2v) is 4.14. The molecule has 1 nitrogen and oxygen atoms in total. The third-order valence-electron chi connectivity index (χ3n) is 3.24. The molecule has 0 bridgehead atoms. The van der Waals surface area contributed by atoms with E-state index in [4.69, 9.17) is 0 Å². The van der Waals surface area contributed by atoms with Crippen molar-refractivity contribution in [2.24, 2.45) is 5.41 Å². The molecule has 0 aromatic heterocycles. The van der Waals surface area contributed by atoms with Crippen LogP contribution in [-0.2, 0) is 4.79 Å². The molecule has 1 saturated carbocycles. The smallest absolute Gasteiger partial charge is 0.136 e. The molecular formula is C12H14O. The summed E-state index contributed by atoms with van der Waals surface area (Å²) < 4.78 is 0. The van der Waals surface area contributed by atoms with E-state index in [1.807, 2.05) is 18.2 Å². The summed E-state index contributed by atoms with van der Waals surface area (Å²) >= 11 is 0. The summed E-state index contributed by atoms with van der Waals surface area (Å²) in [7, 11) is 0. The topological polar surface area (TPSA) is 17.1 Å². The number of rotatable bonds is 2. The predicted molar refractivity (Wildman–Crippen MR) is 52.6 cm³/mol. The summed E-state index contributed by atoms with van der Waals surface area (Å²) in [5.41, 5.74) is 1.24. The number of carbonyl (C=O) groups excluding carboxylic acids is 1. The van der Waals surface area contributed by atoms with Crippen LogP contribution >= 0.6 is 0 Å². The van der Waals surface area contributed by atoms with Crippen LogP contribution in [0.1, 0.15) is 31.7 Å². The first kappa shape index (κ1) is 8.49. The van der Waals surface area contributed by atoms with E-state index >= 15 is 0 Å². The van der Waals surface area contributed by atoms with Crippen molar-refractivity contribution in [3.63, 3.8) is 0 Å². The lowest BCUT2D eigenvalue weighted by Gasteiger charge is -2.05. The van der Waals surface area contributed by atoms with Gasteiger partial charge in [-0.2, -0.15) is 0 Å². The minimum absolute atomic E-state index is 0.0681. The van der Waals surface area contributed by atoms with Crippen molar-refractivity contribution in [3.8, 4) is 0 Å². The molecule has 1 aliphatic rings. The van der Waals surface area contributed by atoms with Gasteiger partial charge in [0.1, 0.15) is 5.78 Å². The van der Waals surface area contributed by atoms with Crippen molar-refractivity contribution in [3.05, 3.63) is 35.9 Å². The monoisotopic (exact) mass is 174 g/mol. The van der Waals surface area contributed by atoms with Crippen molar-refractivity contribution in [1.82, 2.24) is 0 Å². The zero-order chi connectivity index (χ0) is 9.47. The lowest BCUT2D eigenvalue weighted by atomic mass is 9.98. The molecule has 0 radical (unpaired) electrons. The molecule has 0 heterocycles. The Morgan fingerprint density at radius 1 is 1.38 bits per heavy atom. The van der Waals surface area contributed by atoms with Crippen LogP contribution < -0.4 is 0 Å². The molecule has 0 aliphatic heterocycles. The molecule has 0 spiro atoms. The fourth-order valence-electron chi connectivity index (χ4n) is 1.93. The standard InChI is InChI=1S/C12H14O/c1-9(13)12(2)8-11(12)10-6-4-3-5-7-10/h3-7,11H,8H2,1-2H3/t11-,12+/m1/s1. The van der Waals surface area contributed by atoms with Gasteiger partial charge in [-0.3, -0.25) is 4.79 Å². The van der Waals surface area contributed by atoms with Gasteiger partial charge in [0.05, 0.1) is 0 Å². The van der Waals surface area contributed by atoms with Crippen molar-refractivity contribution >= 4 is 5.78 Å². The van der Waals surface area contributed by atoms with Gasteiger partial charge in [0.2, 0.25) is 0 Å². The number of Topliss-reactive ketones (excluding diaryl/α,β-unsaturated/α-hetero) is 1. The normalized spacial score (nSPS) is 31.4. The molecule has 2 atom stereocenters. The summed E-state index contributed by atoms with van der Waals surface area (Å²) in [6.45, 7) is 3.76. The first-order valence-electron chi connectivity index (χ1n) is 4.70. The Morgan fingerprint density at radius 2 is 2.00 bits per heavy atom. The number of hydrogen-bond acceptors (Lipinski definition) is 1. The first-order chi connectivity index (χ1) is 6.14. The Balaban J connectivity index is 2.21. The Hall–Kier alpha value is -1.11. The van der Waals surface area contributed by atoms with E-state index in [2.05, 4.69) is 19.1 Å². The highest BCUT2D eigenvalue weighted by molar-refractivity contribution is 5.86. The van der Waals surface area contributed by atoms with Crippen LogP contribution in [0.4, 0.5) is 0 Å². The van der Waals surface area contributed by atoms with Gasteiger partial charge in [-0.1, -0.05) is 37.3 Å². The van der Waals surface area contributed by atoms with Crippen LogP contribution in [0.15, 0.2) is 30.3 Å². The molecule has 0 amide bonds. The highest BCUT2D eigenvalue weighted by Gasteiger charge is 2.54. The minimum atomic E-state index is -0.0681. The van der Waals surface area contributed by atoms with Gasteiger partial charge in [-0.05, 0) is 24.8 Å². The summed E-state index contributed by atoms with van der Waals surface area (Å²) in [5.74, 6) is 0.785. The highest BCUT2D eigenvalue weighted by Crippen LogP contribution is 2.59. The number of hydrogen-bond donors (Lipinski definition) is 0. The maximum atomic E-state index is 11.3. The minimum Gasteiger partial charge on any atom is -0.299 e. The van der Waals surface area contributed by atoms with Crippen LogP contribution in [-0.4, -0.2) is 5.78 Å². The summed E-state index contributed by atoms with van der Waals surface area (Å²) in [6.07, 6.45) is 1.02. The molecule has 2 rings (SSSR count). The maximum Gasteiger partial charge on any atom is 0.136 e. The van der Waals surface area contributed by atoms with E-state index in [9.17, 15) is 4.79 Å². The molecule has 1 aromatic rings. The van der Waals surface area contributed by atoms with Gasteiger partial charge in [0.15, 0.2) is 0 Å². The third-order valence-corrected chi connectivity index (χ3v) is 3.24. The fourth-order valence-corrected chi connectivity index (χ4v) is 1.93. The third kappa shape index (κ3) is 1.28. The average Bonchev–Trinajstić information content (AvgIpc) is 2.81. The largest absolute Gasteiger partial charge is 0.299 e. The van der Waals surface area contributed by atoms with Crippen molar-refractivity contribution in [1.29, 1.82) is 0 Å². The van der Waals surface area contributed by atoms with Gasteiger partial charge in [-0.25, -0.2) is 0 Å². The van der Waals surface area contributed by atoms with Gasteiger partial charge >= 0.3 is 0 Å². The van der Waals surface area contributed by atoms with Crippen LogP contribution in [0, 0.1) is 5.41 Å². The second kappa shape index (κ2) is 2.69. The van der Waals surface area contributed by atoms with E-state index in [-0.39, 0.29) is 5.41 Å². The molecule has 68 valence electrons. The van der Waals surface area contributed by atoms with Gasteiger partial charge in [-0.15, -0.1) is 0 Å². The van der Waals surface area contributed by atoms with E-state index in [0.29, 0.717) is 11.7 Å². The molecule has 1 heteroatoms.